The van der Waals surface area contributed by atoms with E-state index in [1.165, 1.54) is 0 Å². The maximum atomic E-state index is 13.0. The fourth-order valence-electron chi connectivity index (χ4n) is 1.01. The number of halogens is 2. The molecule has 0 aliphatic heterocycles. The van der Waals surface area contributed by atoms with Gasteiger partial charge in [0.15, 0.2) is 0 Å². The van der Waals surface area contributed by atoms with Crippen LogP contribution in [0, 0.1) is 12.7 Å². The van der Waals surface area contributed by atoms with Crippen molar-refractivity contribution in [2.45, 2.75) is 26.3 Å². The second-order valence-electron chi connectivity index (χ2n) is 3.62. The minimum atomic E-state index is -0.643. The monoisotopic (exact) mass is 202 g/mol. The quantitative estimate of drug-likeness (QED) is 0.760. The van der Waals surface area contributed by atoms with Crippen LogP contribution in [0.2, 0.25) is 5.02 Å². The minimum absolute atomic E-state index is 0.313. The molecule has 1 aromatic rings. The van der Waals surface area contributed by atoms with Gasteiger partial charge in [-0.3, -0.25) is 4.98 Å². The summed E-state index contributed by atoms with van der Waals surface area (Å²) in [6, 6.07) is 0. The van der Waals surface area contributed by atoms with Crippen molar-refractivity contribution in [3.8, 4) is 0 Å². The average molecular weight is 203 g/mol. The highest BCUT2D eigenvalue weighted by atomic mass is 35.5. The fourth-order valence-corrected chi connectivity index (χ4v) is 1.39. The molecule has 0 atom stereocenters. The Morgan fingerprint density at radius 1 is 1.54 bits per heavy atom. The first-order valence-corrected chi connectivity index (χ1v) is 4.32. The van der Waals surface area contributed by atoms with E-state index in [4.69, 9.17) is 17.3 Å². The van der Waals surface area contributed by atoms with Gasteiger partial charge in [0, 0.05) is 5.56 Å². The Kier molecular flexibility index (Phi) is 2.59. The van der Waals surface area contributed by atoms with Crippen LogP contribution in [-0.4, -0.2) is 4.98 Å². The maximum Gasteiger partial charge on any atom is 0.145 e. The van der Waals surface area contributed by atoms with Gasteiger partial charge in [-0.15, -0.1) is 0 Å². The number of nitrogens with two attached hydrogens (primary N) is 1. The summed E-state index contributed by atoms with van der Waals surface area (Å²) in [6.07, 6.45) is 1.14. The number of hydrogen-bond acceptors (Lipinski definition) is 2. The third-order valence-electron chi connectivity index (χ3n) is 1.81. The first-order chi connectivity index (χ1) is 5.84. The van der Waals surface area contributed by atoms with Gasteiger partial charge < -0.3 is 5.73 Å². The molecule has 0 aliphatic rings. The smallest absolute Gasteiger partial charge is 0.145 e. The van der Waals surface area contributed by atoms with Crippen molar-refractivity contribution in [3.05, 3.63) is 28.3 Å². The molecule has 0 aromatic carbocycles. The first kappa shape index (κ1) is 10.4. The fraction of sp³-hybridized carbons (Fsp3) is 0.444. The van der Waals surface area contributed by atoms with Gasteiger partial charge in [0.2, 0.25) is 0 Å². The number of pyridine rings is 1. The summed E-state index contributed by atoms with van der Waals surface area (Å²) >= 11 is 5.90. The number of rotatable bonds is 1. The van der Waals surface area contributed by atoms with Crippen LogP contribution in [-0.2, 0) is 5.54 Å². The van der Waals surface area contributed by atoms with E-state index in [2.05, 4.69) is 4.98 Å². The standard InChI is InChI=1S/C9H12ClFN2/c1-5-6(11)4-13-8(7(5)10)9(2,3)12/h4H,12H2,1-3H3. The highest BCUT2D eigenvalue weighted by molar-refractivity contribution is 6.32. The van der Waals surface area contributed by atoms with E-state index < -0.39 is 11.4 Å². The summed E-state index contributed by atoms with van der Waals surface area (Å²) in [5, 5.41) is 0.313. The summed E-state index contributed by atoms with van der Waals surface area (Å²) < 4.78 is 13.0. The Labute approximate surface area is 81.9 Å². The molecule has 0 saturated heterocycles. The van der Waals surface area contributed by atoms with E-state index in [0.717, 1.165) is 6.20 Å². The van der Waals surface area contributed by atoms with Crippen LogP contribution in [0.5, 0.6) is 0 Å². The number of nitrogens with zero attached hydrogens (tertiary/aromatic N) is 1. The molecular formula is C9H12ClFN2. The van der Waals surface area contributed by atoms with E-state index in [-0.39, 0.29) is 0 Å². The largest absolute Gasteiger partial charge is 0.321 e. The second-order valence-corrected chi connectivity index (χ2v) is 3.99. The predicted octanol–water partition coefficient (Wildman–Crippen LogP) is 2.38. The summed E-state index contributed by atoms with van der Waals surface area (Å²) in [7, 11) is 0. The van der Waals surface area contributed by atoms with Crippen molar-refractivity contribution in [2.75, 3.05) is 0 Å². The highest BCUT2D eigenvalue weighted by Gasteiger charge is 2.21. The Morgan fingerprint density at radius 3 is 2.54 bits per heavy atom. The lowest BCUT2D eigenvalue weighted by atomic mass is 10.00. The Bertz CT molecular complexity index is 331. The van der Waals surface area contributed by atoms with Crippen molar-refractivity contribution in [1.82, 2.24) is 4.98 Å². The summed E-state index contributed by atoms with van der Waals surface area (Å²) in [4.78, 5) is 3.88. The molecule has 0 saturated carbocycles. The molecule has 0 bridgehead atoms. The van der Waals surface area contributed by atoms with E-state index in [0.29, 0.717) is 16.3 Å². The van der Waals surface area contributed by atoms with Crippen molar-refractivity contribution < 1.29 is 4.39 Å². The normalized spacial score (nSPS) is 11.8. The molecule has 72 valence electrons. The number of hydrogen-bond donors (Lipinski definition) is 1. The average Bonchev–Trinajstić information content (AvgIpc) is 1.98. The summed E-state index contributed by atoms with van der Waals surface area (Å²) in [5.41, 5.74) is 6.08. The third-order valence-corrected chi connectivity index (χ3v) is 2.28. The van der Waals surface area contributed by atoms with Gasteiger partial charge in [-0.05, 0) is 20.8 Å². The zero-order chi connectivity index (χ0) is 10.2. The van der Waals surface area contributed by atoms with E-state index in [9.17, 15) is 4.39 Å². The molecule has 2 N–H and O–H groups in total. The van der Waals surface area contributed by atoms with Crippen LogP contribution < -0.4 is 5.73 Å². The van der Waals surface area contributed by atoms with Gasteiger partial charge in [0.25, 0.3) is 0 Å². The topological polar surface area (TPSA) is 38.9 Å². The molecule has 1 aromatic heterocycles. The Morgan fingerprint density at radius 2 is 2.08 bits per heavy atom. The molecule has 2 nitrogen and oxygen atoms in total. The molecule has 13 heavy (non-hydrogen) atoms. The van der Waals surface area contributed by atoms with Crippen LogP contribution in [0.25, 0.3) is 0 Å². The molecule has 0 radical (unpaired) electrons. The van der Waals surface area contributed by atoms with Crippen molar-refractivity contribution in [2.24, 2.45) is 5.73 Å². The van der Waals surface area contributed by atoms with Crippen molar-refractivity contribution >= 4 is 11.6 Å². The summed E-state index contributed by atoms with van der Waals surface area (Å²) in [6.45, 7) is 5.16. The van der Waals surface area contributed by atoms with Gasteiger partial charge in [-0.25, -0.2) is 4.39 Å². The van der Waals surface area contributed by atoms with Gasteiger partial charge in [-0.2, -0.15) is 0 Å². The Balaban J connectivity index is 3.35. The Hall–Kier alpha value is -0.670. The van der Waals surface area contributed by atoms with Crippen LogP contribution in [0.4, 0.5) is 4.39 Å². The molecule has 0 spiro atoms. The molecule has 0 unspecified atom stereocenters. The minimum Gasteiger partial charge on any atom is -0.321 e. The SMILES string of the molecule is Cc1c(F)cnc(C(C)(C)N)c1Cl. The molecule has 0 amide bonds. The molecule has 1 heterocycles. The molecular weight excluding hydrogens is 191 g/mol. The molecule has 0 fully saturated rings. The molecule has 4 heteroatoms. The number of aromatic nitrogens is 1. The van der Waals surface area contributed by atoms with E-state index in [1.807, 2.05) is 0 Å². The van der Waals surface area contributed by atoms with Crippen molar-refractivity contribution in [3.63, 3.8) is 0 Å². The lowest BCUT2D eigenvalue weighted by Crippen LogP contribution is -2.30. The second kappa shape index (κ2) is 3.24. The van der Waals surface area contributed by atoms with Gasteiger partial charge in [0.05, 0.1) is 22.5 Å². The van der Waals surface area contributed by atoms with Crippen LogP contribution >= 0.6 is 11.6 Å². The third kappa shape index (κ3) is 1.98. The van der Waals surface area contributed by atoms with Crippen LogP contribution in [0.1, 0.15) is 25.1 Å². The summed E-state index contributed by atoms with van der Waals surface area (Å²) in [5.74, 6) is -0.405. The van der Waals surface area contributed by atoms with Crippen LogP contribution in [0.15, 0.2) is 6.20 Å². The maximum absolute atomic E-state index is 13.0. The first-order valence-electron chi connectivity index (χ1n) is 3.94. The molecule has 1 rings (SSSR count). The van der Waals surface area contributed by atoms with Gasteiger partial charge in [-0.1, -0.05) is 11.6 Å². The zero-order valence-electron chi connectivity index (χ0n) is 7.86. The van der Waals surface area contributed by atoms with Gasteiger partial charge >= 0.3 is 0 Å². The lowest BCUT2D eigenvalue weighted by Gasteiger charge is -2.20. The van der Waals surface area contributed by atoms with Crippen LogP contribution in [0.3, 0.4) is 0 Å². The van der Waals surface area contributed by atoms with E-state index in [1.54, 1.807) is 20.8 Å². The zero-order valence-corrected chi connectivity index (χ0v) is 8.61. The predicted molar refractivity (Wildman–Crippen MR) is 51.2 cm³/mol. The van der Waals surface area contributed by atoms with E-state index >= 15 is 0 Å². The highest BCUT2D eigenvalue weighted by Crippen LogP contribution is 2.27. The lowest BCUT2D eigenvalue weighted by molar-refractivity contribution is 0.527. The molecule has 0 aliphatic carbocycles. The van der Waals surface area contributed by atoms with Gasteiger partial charge in [0.1, 0.15) is 5.82 Å². The van der Waals surface area contributed by atoms with Crippen molar-refractivity contribution in [1.29, 1.82) is 0 Å².